The largest absolute Gasteiger partial charge is 0.479 e. The summed E-state index contributed by atoms with van der Waals surface area (Å²) in [5, 5.41) is 10.6. The Bertz CT molecular complexity index is 933. The summed E-state index contributed by atoms with van der Waals surface area (Å²) in [4.78, 5) is 17.9. The second-order valence-electron chi connectivity index (χ2n) is 5.45. The molecule has 0 saturated heterocycles. The molecule has 1 unspecified atom stereocenters. The number of carboxylic acids is 1. The lowest BCUT2D eigenvalue weighted by atomic mass is 10.0. The predicted molar refractivity (Wildman–Crippen MR) is 90.8 cm³/mol. The molecule has 0 radical (unpaired) electrons. The van der Waals surface area contributed by atoms with E-state index in [2.05, 4.69) is 4.98 Å². The molecule has 0 bridgehead atoms. The number of aliphatic carboxylic acids is 1. The van der Waals surface area contributed by atoms with Gasteiger partial charge in [0.25, 0.3) is 0 Å². The van der Waals surface area contributed by atoms with Crippen LogP contribution in [-0.4, -0.2) is 22.1 Å². The SMILES string of the molecule is O=C(O)C1C=Cc2ccccc2N1c1ccc2ncccc2c1. The number of hydrogen-bond donors (Lipinski definition) is 1. The molecule has 23 heavy (non-hydrogen) atoms. The van der Waals surface area contributed by atoms with Crippen LogP contribution in [0.2, 0.25) is 0 Å². The summed E-state index contributed by atoms with van der Waals surface area (Å²) >= 11 is 0. The fourth-order valence-corrected chi connectivity index (χ4v) is 2.98. The van der Waals surface area contributed by atoms with Crippen LogP contribution in [0.25, 0.3) is 17.0 Å². The van der Waals surface area contributed by atoms with Crippen LogP contribution in [0.15, 0.2) is 66.9 Å². The molecule has 0 saturated carbocycles. The number of carbonyl (C=O) groups is 1. The summed E-state index contributed by atoms with van der Waals surface area (Å²) in [5.74, 6) is -0.873. The van der Waals surface area contributed by atoms with Gasteiger partial charge in [-0.25, -0.2) is 4.79 Å². The maximum absolute atomic E-state index is 11.7. The minimum Gasteiger partial charge on any atom is -0.479 e. The fourth-order valence-electron chi connectivity index (χ4n) is 2.98. The molecule has 4 rings (SSSR count). The lowest BCUT2D eigenvalue weighted by Crippen LogP contribution is -2.38. The zero-order chi connectivity index (χ0) is 15.8. The number of para-hydroxylation sites is 1. The fraction of sp³-hybridized carbons (Fsp3) is 0.0526. The maximum atomic E-state index is 11.7. The molecular weight excluding hydrogens is 288 g/mol. The molecule has 1 aromatic heterocycles. The van der Waals surface area contributed by atoms with Crippen molar-refractivity contribution in [2.24, 2.45) is 0 Å². The van der Waals surface area contributed by atoms with Crippen LogP contribution in [0.1, 0.15) is 5.56 Å². The third-order valence-electron chi connectivity index (χ3n) is 4.05. The molecule has 0 fully saturated rings. The van der Waals surface area contributed by atoms with E-state index in [9.17, 15) is 9.90 Å². The molecule has 1 aliphatic heterocycles. The number of carboxylic acid groups (broad SMARTS) is 1. The molecule has 1 N–H and O–H groups in total. The van der Waals surface area contributed by atoms with Gasteiger partial charge in [-0.15, -0.1) is 0 Å². The quantitative estimate of drug-likeness (QED) is 0.781. The van der Waals surface area contributed by atoms with Gasteiger partial charge in [-0.1, -0.05) is 30.3 Å². The van der Waals surface area contributed by atoms with Crippen molar-refractivity contribution < 1.29 is 9.90 Å². The molecule has 2 aromatic carbocycles. The highest BCUT2D eigenvalue weighted by atomic mass is 16.4. The molecule has 112 valence electrons. The smallest absolute Gasteiger partial charge is 0.330 e. The Balaban J connectivity index is 1.91. The molecule has 2 heterocycles. The summed E-state index contributed by atoms with van der Waals surface area (Å²) in [6, 6.07) is 16.8. The van der Waals surface area contributed by atoms with E-state index in [4.69, 9.17) is 0 Å². The summed E-state index contributed by atoms with van der Waals surface area (Å²) < 4.78 is 0. The van der Waals surface area contributed by atoms with Crippen LogP contribution in [0.5, 0.6) is 0 Å². The van der Waals surface area contributed by atoms with Gasteiger partial charge < -0.3 is 10.0 Å². The molecule has 4 heteroatoms. The van der Waals surface area contributed by atoms with Crippen LogP contribution in [0.4, 0.5) is 11.4 Å². The Morgan fingerprint density at radius 2 is 1.96 bits per heavy atom. The Morgan fingerprint density at radius 1 is 1.09 bits per heavy atom. The van der Waals surface area contributed by atoms with Crippen LogP contribution < -0.4 is 4.90 Å². The molecule has 1 atom stereocenters. The zero-order valence-corrected chi connectivity index (χ0v) is 12.3. The second kappa shape index (κ2) is 5.25. The Labute approximate surface area is 133 Å². The van der Waals surface area contributed by atoms with Crippen LogP contribution in [0.3, 0.4) is 0 Å². The monoisotopic (exact) mass is 302 g/mol. The Hall–Kier alpha value is -3.14. The third-order valence-corrected chi connectivity index (χ3v) is 4.05. The van der Waals surface area contributed by atoms with Gasteiger partial charge in [0, 0.05) is 23.0 Å². The highest BCUT2D eigenvalue weighted by molar-refractivity contribution is 5.93. The van der Waals surface area contributed by atoms with Gasteiger partial charge >= 0.3 is 5.97 Å². The summed E-state index contributed by atoms with van der Waals surface area (Å²) in [6.07, 6.45) is 5.34. The minimum atomic E-state index is -0.873. The van der Waals surface area contributed by atoms with Crippen molar-refractivity contribution in [1.29, 1.82) is 0 Å². The highest BCUT2D eigenvalue weighted by Crippen LogP contribution is 2.36. The molecule has 0 amide bonds. The molecule has 1 aliphatic rings. The van der Waals surface area contributed by atoms with E-state index in [1.54, 1.807) is 12.3 Å². The number of aromatic nitrogens is 1. The number of fused-ring (bicyclic) bond motifs is 2. The van der Waals surface area contributed by atoms with Crippen molar-refractivity contribution in [3.05, 3.63) is 72.4 Å². The number of benzene rings is 2. The molecule has 3 aromatic rings. The van der Waals surface area contributed by atoms with Crippen LogP contribution in [-0.2, 0) is 4.79 Å². The van der Waals surface area contributed by atoms with Crippen molar-refractivity contribution >= 4 is 34.3 Å². The zero-order valence-electron chi connectivity index (χ0n) is 12.3. The van der Waals surface area contributed by atoms with Crippen molar-refractivity contribution in [1.82, 2.24) is 4.98 Å². The van der Waals surface area contributed by atoms with Gasteiger partial charge in [-0.2, -0.15) is 0 Å². The van der Waals surface area contributed by atoms with Crippen molar-refractivity contribution in [3.8, 4) is 0 Å². The molecule has 0 spiro atoms. The highest BCUT2D eigenvalue weighted by Gasteiger charge is 2.29. The first kappa shape index (κ1) is 13.5. The first-order chi connectivity index (χ1) is 11.2. The maximum Gasteiger partial charge on any atom is 0.330 e. The second-order valence-corrected chi connectivity index (χ2v) is 5.45. The van der Waals surface area contributed by atoms with E-state index >= 15 is 0 Å². The Kier molecular flexibility index (Phi) is 3.08. The average molecular weight is 302 g/mol. The number of pyridine rings is 1. The summed E-state index contributed by atoms with van der Waals surface area (Å²) in [7, 11) is 0. The molecule has 4 nitrogen and oxygen atoms in total. The van der Waals surface area contributed by atoms with Gasteiger partial charge in [0.05, 0.1) is 5.52 Å². The van der Waals surface area contributed by atoms with E-state index in [1.165, 1.54) is 0 Å². The van der Waals surface area contributed by atoms with E-state index in [1.807, 2.05) is 65.6 Å². The lowest BCUT2D eigenvalue weighted by molar-refractivity contribution is -0.137. The predicted octanol–water partition coefficient (Wildman–Crippen LogP) is 3.85. The van der Waals surface area contributed by atoms with Gasteiger partial charge in [0.1, 0.15) is 0 Å². The van der Waals surface area contributed by atoms with E-state index < -0.39 is 12.0 Å². The molecular formula is C19H14N2O2. The standard InChI is InChI=1S/C19H14N2O2/c22-19(23)18-10-7-13-4-1-2-6-17(13)21(18)15-8-9-16-14(12-15)5-3-11-20-16/h1-12,18H,(H,22,23). The van der Waals surface area contributed by atoms with Crippen molar-refractivity contribution in [2.45, 2.75) is 6.04 Å². The third kappa shape index (κ3) is 2.25. The van der Waals surface area contributed by atoms with Gasteiger partial charge in [0.15, 0.2) is 6.04 Å². The number of rotatable bonds is 2. The van der Waals surface area contributed by atoms with E-state index in [0.29, 0.717) is 0 Å². The average Bonchev–Trinajstić information content (AvgIpc) is 2.60. The van der Waals surface area contributed by atoms with Gasteiger partial charge in [-0.3, -0.25) is 4.98 Å². The van der Waals surface area contributed by atoms with Crippen LogP contribution >= 0.6 is 0 Å². The Morgan fingerprint density at radius 3 is 2.83 bits per heavy atom. The summed E-state index contributed by atoms with van der Waals surface area (Å²) in [5.41, 5.74) is 3.64. The van der Waals surface area contributed by atoms with Gasteiger partial charge in [0.2, 0.25) is 0 Å². The number of hydrogen-bond acceptors (Lipinski definition) is 3. The lowest BCUT2D eigenvalue weighted by Gasteiger charge is -2.33. The summed E-state index contributed by atoms with van der Waals surface area (Å²) in [6.45, 7) is 0. The van der Waals surface area contributed by atoms with E-state index in [-0.39, 0.29) is 0 Å². The van der Waals surface area contributed by atoms with E-state index in [0.717, 1.165) is 27.8 Å². The topological polar surface area (TPSA) is 53.4 Å². The number of anilines is 2. The normalized spacial score (nSPS) is 16.3. The number of nitrogens with zero attached hydrogens (tertiary/aromatic N) is 2. The first-order valence-corrected chi connectivity index (χ1v) is 7.38. The minimum absolute atomic E-state index is 0.723. The first-order valence-electron chi connectivity index (χ1n) is 7.38. The molecule has 0 aliphatic carbocycles. The van der Waals surface area contributed by atoms with Crippen molar-refractivity contribution in [2.75, 3.05) is 4.90 Å². The van der Waals surface area contributed by atoms with Gasteiger partial charge in [-0.05, 0) is 42.0 Å². The van der Waals surface area contributed by atoms with Crippen molar-refractivity contribution in [3.63, 3.8) is 0 Å². The van der Waals surface area contributed by atoms with Crippen LogP contribution in [0, 0.1) is 0 Å².